The number of benzene rings is 1. The van der Waals surface area contributed by atoms with Gasteiger partial charge in [-0.2, -0.15) is 5.26 Å². The molecule has 1 atom stereocenters. The molecule has 0 bridgehead atoms. The molecule has 0 aliphatic rings. The Hall–Kier alpha value is -1.33. The van der Waals surface area contributed by atoms with E-state index in [0.717, 1.165) is 6.54 Å². The maximum absolute atomic E-state index is 8.94. The largest absolute Gasteiger partial charge is 0.287 e. The van der Waals surface area contributed by atoms with E-state index < -0.39 is 0 Å². The summed E-state index contributed by atoms with van der Waals surface area (Å²) in [6.45, 7) is 11.4. The Morgan fingerprint density at radius 3 is 2.06 bits per heavy atom. The standard InChI is InChI=1S/C15H22N2/c1-10-7-11(2)14(5)15(13(10)4)9-17(6)12(3)8-16/h7,12H,9H2,1-6H3. The summed E-state index contributed by atoms with van der Waals surface area (Å²) >= 11 is 0. The highest BCUT2D eigenvalue weighted by molar-refractivity contribution is 5.43. The van der Waals surface area contributed by atoms with Crippen molar-refractivity contribution in [2.24, 2.45) is 0 Å². The second-order valence-corrected chi connectivity index (χ2v) is 4.96. The molecular formula is C15H22N2. The molecule has 0 radical (unpaired) electrons. The van der Waals surface area contributed by atoms with Gasteiger partial charge in [0.25, 0.3) is 0 Å². The van der Waals surface area contributed by atoms with Crippen LogP contribution in [0.5, 0.6) is 0 Å². The van der Waals surface area contributed by atoms with Crippen LogP contribution in [0, 0.1) is 39.0 Å². The highest BCUT2D eigenvalue weighted by Crippen LogP contribution is 2.23. The van der Waals surface area contributed by atoms with Crippen molar-refractivity contribution in [3.05, 3.63) is 33.9 Å². The van der Waals surface area contributed by atoms with Gasteiger partial charge in [0.05, 0.1) is 12.1 Å². The summed E-state index contributed by atoms with van der Waals surface area (Å²) in [5, 5.41) is 8.94. The van der Waals surface area contributed by atoms with Gasteiger partial charge in [-0.1, -0.05) is 6.07 Å². The summed E-state index contributed by atoms with van der Waals surface area (Å²) in [4.78, 5) is 2.09. The first-order chi connectivity index (χ1) is 7.88. The molecule has 0 saturated heterocycles. The Morgan fingerprint density at radius 2 is 1.65 bits per heavy atom. The highest BCUT2D eigenvalue weighted by atomic mass is 15.1. The van der Waals surface area contributed by atoms with Crippen molar-refractivity contribution in [3.8, 4) is 6.07 Å². The van der Waals surface area contributed by atoms with Gasteiger partial charge in [0, 0.05) is 6.54 Å². The smallest absolute Gasteiger partial charge is 0.0949 e. The highest BCUT2D eigenvalue weighted by Gasteiger charge is 2.13. The van der Waals surface area contributed by atoms with Crippen molar-refractivity contribution in [1.29, 1.82) is 5.26 Å². The van der Waals surface area contributed by atoms with E-state index in [2.05, 4.69) is 44.7 Å². The molecule has 1 rings (SSSR count). The first-order valence-electron chi connectivity index (χ1n) is 6.04. The Morgan fingerprint density at radius 1 is 1.18 bits per heavy atom. The average Bonchev–Trinajstić information content (AvgIpc) is 2.30. The maximum atomic E-state index is 8.94. The van der Waals surface area contributed by atoms with E-state index in [4.69, 9.17) is 5.26 Å². The van der Waals surface area contributed by atoms with E-state index in [1.54, 1.807) is 0 Å². The van der Waals surface area contributed by atoms with Crippen molar-refractivity contribution in [1.82, 2.24) is 4.90 Å². The summed E-state index contributed by atoms with van der Waals surface area (Å²) in [5.74, 6) is 0. The van der Waals surface area contributed by atoms with Crippen molar-refractivity contribution >= 4 is 0 Å². The van der Waals surface area contributed by atoms with Gasteiger partial charge in [0.15, 0.2) is 0 Å². The maximum Gasteiger partial charge on any atom is 0.0949 e. The molecule has 17 heavy (non-hydrogen) atoms. The fraction of sp³-hybridized carbons (Fsp3) is 0.533. The van der Waals surface area contributed by atoms with Crippen LogP contribution in [0.15, 0.2) is 6.07 Å². The van der Waals surface area contributed by atoms with Crippen LogP contribution in [0.25, 0.3) is 0 Å². The van der Waals surface area contributed by atoms with E-state index in [1.165, 1.54) is 27.8 Å². The number of nitrogens with zero attached hydrogens (tertiary/aromatic N) is 2. The lowest BCUT2D eigenvalue weighted by Gasteiger charge is -2.23. The zero-order valence-electron chi connectivity index (χ0n) is 11.8. The third-order valence-corrected chi connectivity index (χ3v) is 3.78. The molecule has 0 spiro atoms. The van der Waals surface area contributed by atoms with Crippen LogP contribution in [0.3, 0.4) is 0 Å². The van der Waals surface area contributed by atoms with Crippen LogP contribution in [0.1, 0.15) is 34.7 Å². The fourth-order valence-electron chi connectivity index (χ4n) is 2.02. The SMILES string of the molecule is Cc1cc(C)c(C)c(CN(C)C(C)C#N)c1C. The van der Waals surface area contributed by atoms with Crippen molar-refractivity contribution in [2.45, 2.75) is 47.2 Å². The number of hydrogen-bond donors (Lipinski definition) is 0. The normalized spacial score (nSPS) is 12.6. The lowest BCUT2D eigenvalue weighted by Crippen LogP contribution is -2.28. The molecule has 92 valence electrons. The average molecular weight is 230 g/mol. The van der Waals surface area contributed by atoms with Gasteiger partial charge in [0.2, 0.25) is 0 Å². The number of nitriles is 1. The van der Waals surface area contributed by atoms with Gasteiger partial charge < -0.3 is 0 Å². The Bertz CT molecular complexity index is 429. The molecule has 2 nitrogen and oxygen atoms in total. The van der Waals surface area contributed by atoms with Crippen molar-refractivity contribution < 1.29 is 0 Å². The molecule has 0 aromatic heterocycles. The molecule has 0 saturated carbocycles. The third-order valence-electron chi connectivity index (χ3n) is 3.78. The van der Waals surface area contributed by atoms with Gasteiger partial charge in [-0.3, -0.25) is 4.90 Å². The lowest BCUT2D eigenvalue weighted by molar-refractivity contribution is 0.293. The topological polar surface area (TPSA) is 27.0 Å². The minimum absolute atomic E-state index is 0.0466. The fourth-order valence-corrected chi connectivity index (χ4v) is 2.02. The van der Waals surface area contributed by atoms with Crippen LogP contribution < -0.4 is 0 Å². The van der Waals surface area contributed by atoms with Crippen LogP contribution in [0.2, 0.25) is 0 Å². The van der Waals surface area contributed by atoms with E-state index >= 15 is 0 Å². The first kappa shape index (κ1) is 13.7. The minimum Gasteiger partial charge on any atom is -0.287 e. The summed E-state index contributed by atoms with van der Waals surface area (Å²) in [6, 6.07) is 4.47. The summed E-state index contributed by atoms with van der Waals surface area (Å²) in [7, 11) is 2.00. The lowest BCUT2D eigenvalue weighted by atomic mass is 9.94. The molecule has 0 amide bonds. The minimum atomic E-state index is -0.0466. The van der Waals surface area contributed by atoms with Gasteiger partial charge in [-0.05, 0) is 69.5 Å². The van der Waals surface area contributed by atoms with E-state index in [1.807, 2.05) is 14.0 Å². The van der Waals surface area contributed by atoms with Gasteiger partial charge in [0.1, 0.15) is 0 Å². The van der Waals surface area contributed by atoms with Gasteiger partial charge >= 0.3 is 0 Å². The molecule has 0 N–H and O–H groups in total. The Balaban J connectivity index is 3.11. The van der Waals surface area contributed by atoms with E-state index in [9.17, 15) is 0 Å². The number of hydrogen-bond acceptors (Lipinski definition) is 2. The van der Waals surface area contributed by atoms with E-state index in [-0.39, 0.29) is 6.04 Å². The second-order valence-electron chi connectivity index (χ2n) is 4.96. The molecule has 0 aliphatic carbocycles. The monoisotopic (exact) mass is 230 g/mol. The van der Waals surface area contributed by atoms with Crippen molar-refractivity contribution in [2.75, 3.05) is 7.05 Å². The molecule has 1 aromatic carbocycles. The van der Waals surface area contributed by atoms with Crippen LogP contribution in [-0.4, -0.2) is 18.0 Å². The van der Waals surface area contributed by atoms with Gasteiger partial charge in [-0.25, -0.2) is 0 Å². The molecule has 2 heteroatoms. The predicted octanol–water partition coefficient (Wildman–Crippen LogP) is 3.26. The van der Waals surface area contributed by atoms with Gasteiger partial charge in [-0.15, -0.1) is 0 Å². The third kappa shape index (κ3) is 2.87. The van der Waals surface area contributed by atoms with Crippen LogP contribution in [0.4, 0.5) is 0 Å². The molecule has 0 aliphatic heterocycles. The molecule has 1 aromatic rings. The predicted molar refractivity (Wildman–Crippen MR) is 71.9 cm³/mol. The Kier molecular flexibility index (Phi) is 4.31. The number of aryl methyl sites for hydroxylation is 2. The summed E-state index contributed by atoms with van der Waals surface area (Å²) < 4.78 is 0. The zero-order chi connectivity index (χ0) is 13.2. The molecule has 1 unspecified atom stereocenters. The Labute approximate surface area is 105 Å². The van der Waals surface area contributed by atoms with E-state index in [0.29, 0.717) is 0 Å². The zero-order valence-corrected chi connectivity index (χ0v) is 11.8. The molecule has 0 heterocycles. The summed E-state index contributed by atoms with van der Waals surface area (Å²) in [5.41, 5.74) is 6.74. The van der Waals surface area contributed by atoms with Crippen molar-refractivity contribution in [3.63, 3.8) is 0 Å². The molecule has 0 fully saturated rings. The number of rotatable bonds is 3. The quantitative estimate of drug-likeness (QED) is 0.797. The summed E-state index contributed by atoms with van der Waals surface area (Å²) in [6.07, 6.45) is 0. The molecular weight excluding hydrogens is 208 g/mol. The van der Waals surface area contributed by atoms with Crippen LogP contribution in [-0.2, 0) is 6.54 Å². The first-order valence-corrected chi connectivity index (χ1v) is 6.04. The van der Waals surface area contributed by atoms with Crippen LogP contribution >= 0.6 is 0 Å². The second kappa shape index (κ2) is 5.33.